The predicted octanol–water partition coefficient (Wildman–Crippen LogP) is 36.0. The number of furan rings is 3. The second-order valence-electron chi connectivity index (χ2n) is 30.1. The van der Waals surface area contributed by atoms with Crippen molar-refractivity contribution in [3.63, 3.8) is 0 Å². The molecule has 0 N–H and O–H groups in total. The fourth-order valence-corrected chi connectivity index (χ4v) is 17.5. The molecule has 3 aromatic heterocycles. The molecular formula is C126H80O3. The third-order valence-corrected chi connectivity index (χ3v) is 23.0. The average molecular weight is 1680 g/mol. The smallest absolute Gasteiger partial charge is 0.136 e. The lowest BCUT2D eigenvalue weighted by atomic mass is 9.85. The first-order valence-corrected chi connectivity index (χ1v) is 40.8. The van der Waals surface area contributed by atoms with Gasteiger partial charge in [-0.3, -0.25) is 0 Å². The summed E-state index contributed by atoms with van der Waals surface area (Å²) in [7, 11) is 0. The van der Waals surface area contributed by atoms with Gasteiger partial charge in [-0.15, -0.1) is 0 Å². The highest BCUT2D eigenvalue weighted by molar-refractivity contribution is 6.26. The second kappa shape index (κ2) is 32.3. The summed E-state index contributed by atoms with van der Waals surface area (Å²) in [5, 5.41) is 1.40. The molecule has 0 aliphatic rings. The van der Waals surface area contributed by atoms with Gasteiger partial charge in [0.05, 0.1) is 57.6 Å². The van der Waals surface area contributed by atoms with Gasteiger partial charge in [0.25, 0.3) is 0 Å². The van der Waals surface area contributed by atoms with Crippen molar-refractivity contribution >= 4 is 130 Å². The molecule has 0 radical (unpaired) electrons. The van der Waals surface area contributed by atoms with E-state index < -0.39 is 240 Å². The van der Waals surface area contributed by atoms with E-state index in [1.807, 2.05) is 78.9 Å². The predicted molar refractivity (Wildman–Crippen MR) is 546 cm³/mol. The topological polar surface area (TPSA) is 39.4 Å². The highest BCUT2D eigenvalue weighted by Crippen LogP contribution is 2.51. The molecule has 0 amide bonds. The number of hydrogen-bond acceptors (Lipinski definition) is 3. The van der Waals surface area contributed by atoms with E-state index in [0.29, 0.717) is 55.5 Å². The fourth-order valence-electron chi connectivity index (χ4n) is 17.5. The molecule has 0 unspecified atom stereocenters. The molecule has 0 aliphatic heterocycles. The maximum absolute atomic E-state index is 9.36. The van der Waals surface area contributed by atoms with Crippen LogP contribution >= 0.6 is 0 Å². The van der Waals surface area contributed by atoms with Crippen LogP contribution in [0.1, 0.15) is 57.6 Å². The van der Waals surface area contributed by atoms with Gasteiger partial charge in [-0.05, 0) is 218 Å². The van der Waals surface area contributed by atoms with Gasteiger partial charge in [-0.1, -0.05) is 442 Å². The van der Waals surface area contributed by atoms with E-state index in [9.17, 15) is 15.1 Å². The maximum atomic E-state index is 9.36. The molecule has 129 heavy (non-hydrogen) atoms. The number of fused-ring (bicyclic) bond motifs is 15. The molecule has 0 saturated heterocycles. The summed E-state index contributed by atoms with van der Waals surface area (Å²) in [4.78, 5) is 0. The van der Waals surface area contributed by atoms with E-state index in [0.717, 1.165) is 44.2 Å². The molecule has 0 bridgehead atoms. The Morgan fingerprint density at radius 2 is 0.419 bits per heavy atom. The van der Waals surface area contributed by atoms with Crippen molar-refractivity contribution in [2.75, 3.05) is 0 Å². The van der Waals surface area contributed by atoms with Crippen LogP contribution in [0.25, 0.3) is 253 Å². The molecular weight excluding hydrogens is 1560 g/mol. The zero-order valence-corrected chi connectivity index (χ0v) is 67.2. The molecule has 26 rings (SSSR count). The van der Waals surface area contributed by atoms with Gasteiger partial charge < -0.3 is 13.3 Å². The molecule has 23 aromatic carbocycles. The van der Waals surface area contributed by atoms with Gasteiger partial charge >= 0.3 is 0 Å². The molecule has 0 aliphatic carbocycles. The lowest BCUT2D eigenvalue weighted by Crippen LogP contribution is -1.91. The monoisotopic (exact) mass is 1680 g/mol. The van der Waals surface area contributed by atoms with Crippen LogP contribution in [0.5, 0.6) is 0 Å². The molecule has 0 fully saturated rings. The van der Waals surface area contributed by atoms with Gasteiger partial charge in [0.2, 0.25) is 0 Å². The van der Waals surface area contributed by atoms with E-state index >= 15 is 0 Å². The third-order valence-electron chi connectivity index (χ3n) is 23.0. The largest absolute Gasteiger partial charge is 0.456 e. The van der Waals surface area contributed by atoms with Crippen LogP contribution in [0, 0.1) is 0 Å². The summed E-state index contributed by atoms with van der Waals surface area (Å²) < 4.78 is 391. The van der Waals surface area contributed by atoms with Crippen molar-refractivity contribution in [2.24, 2.45) is 0 Å². The van der Waals surface area contributed by atoms with Gasteiger partial charge in [0.1, 0.15) is 33.5 Å². The number of rotatable bonds is 11. The van der Waals surface area contributed by atoms with E-state index in [-0.39, 0.29) is 167 Å². The van der Waals surface area contributed by atoms with Crippen molar-refractivity contribution in [3.05, 3.63) is 484 Å². The van der Waals surface area contributed by atoms with Crippen LogP contribution in [0.15, 0.2) is 498 Å². The number of hydrogen-bond donors (Lipinski definition) is 0. The average Bonchev–Trinajstić information content (AvgIpc) is 1.69. The summed E-state index contributed by atoms with van der Waals surface area (Å²) in [6, 6.07) is 44.1. The Bertz CT molecular complexity index is 11300. The van der Waals surface area contributed by atoms with E-state index in [1.165, 1.54) is 24.3 Å². The highest BCUT2D eigenvalue weighted by Gasteiger charge is 2.25. The summed E-state index contributed by atoms with van der Waals surface area (Å²) in [6.07, 6.45) is 0. The first kappa shape index (κ1) is 44.1. The van der Waals surface area contributed by atoms with Crippen LogP contribution in [0.2, 0.25) is 0 Å². The van der Waals surface area contributed by atoms with Crippen LogP contribution in [-0.4, -0.2) is 0 Å². The summed E-state index contributed by atoms with van der Waals surface area (Å²) in [5.74, 6) is 0. The Kier molecular flexibility index (Phi) is 11.0. The summed E-state index contributed by atoms with van der Waals surface area (Å²) in [5.41, 5.74) is 6.33. The molecule has 3 nitrogen and oxygen atoms in total. The molecule has 0 atom stereocenters. The zero-order chi connectivity index (χ0) is 122. The van der Waals surface area contributed by atoms with E-state index in [2.05, 4.69) is 18.2 Å². The maximum Gasteiger partial charge on any atom is 0.136 e. The van der Waals surface area contributed by atoms with Crippen molar-refractivity contribution in [3.8, 4) is 122 Å². The van der Waals surface area contributed by atoms with Crippen LogP contribution < -0.4 is 0 Å². The van der Waals surface area contributed by atoms with Crippen LogP contribution in [0.4, 0.5) is 0 Å². The van der Waals surface area contributed by atoms with Gasteiger partial charge in [0, 0.05) is 43.4 Å². The summed E-state index contributed by atoms with van der Waals surface area (Å²) in [6.45, 7) is 0. The molecule has 0 saturated carbocycles. The van der Waals surface area contributed by atoms with E-state index in [1.54, 1.807) is 109 Å². The Balaban J connectivity index is 0.000000133. The van der Waals surface area contributed by atoms with Crippen LogP contribution in [0.3, 0.4) is 0 Å². The molecule has 3 heteroatoms. The zero-order valence-electron chi connectivity index (χ0n) is 109. The lowest BCUT2D eigenvalue weighted by Gasteiger charge is -2.18. The SMILES string of the molecule is [2H]c1c([2H])c(-c2c3c([2H])c([2H])c([2H])c([2H])c3c(-c3ccccc3)c3c([2H])c([2H])c([2H])c([2H])c23)c([2H])c([2H])c1-c1c([2H])c([2H])c2oc3ccccc3c2c1[2H].[2H]c1c([2H])c([2H])c(-c2c3c([2H])c([2H])c([2H])c([2H])c3c(-c3ccc(-c4c([2H])c([2H])c5oc6c([2H])c([2H])c([2H])c([2H])c6c5c4-c4ccccc4)cc3)c3c([2H])c([2H])c([2H])c([2H])c23)c([2H])c1[2H].[2H]c1c([2H])c([2H])c2c(-c3ccc(-c4ccc5oc6ccccc6c5c4-c4ccccc4)cc3)c3c([2H])c([2H])c([2H])c([2H])c3c(-c3ccccc3)c2c1[2H]. The molecule has 3 heterocycles. The normalized spacial score (nSPS) is 16.1. The minimum absolute atomic E-state index is 0.00614. The Morgan fingerprint density at radius 3 is 0.868 bits per heavy atom. The number of benzene rings is 23. The first-order chi connectivity index (χ1) is 81.5. The van der Waals surface area contributed by atoms with Crippen molar-refractivity contribution in [1.82, 2.24) is 0 Å². The van der Waals surface area contributed by atoms with Crippen molar-refractivity contribution in [2.45, 2.75) is 0 Å². The van der Waals surface area contributed by atoms with Crippen molar-refractivity contribution in [1.29, 1.82) is 0 Å². The number of para-hydroxylation sites is 3. The Labute approximate surface area is 805 Å². The summed E-state index contributed by atoms with van der Waals surface area (Å²) >= 11 is 0. The molecule has 0 spiro atoms. The third kappa shape index (κ3) is 13.3. The van der Waals surface area contributed by atoms with Gasteiger partial charge in [-0.25, -0.2) is 0 Å². The van der Waals surface area contributed by atoms with E-state index in [4.69, 9.17) is 55.7 Å². The lowest BCUT2D eigenvalue weighted by molar-refractivity contribution is 0.668. The van der Waals surface area contributed by atoms with Gasteiger partial charge in [-0.2, -0.15) is 0 Å². The Morgan fingerprint density at radius 1 is 0.132 bits per heavy atom. The van der Waals surface area contributed by atoms with Crippen LogP contribution in [-0.2, 0) is 0 Å². The van der Waals surface area contributed by atoms with Gasteiger partial charge in [0.15, 0.2) is 0 Å². The minimum atomic E-state index is -0.778. The first-order valence-electron chi connectivity index (χ1n) is 61.8. The standard InChI is InChI=1S/2C44H28O.C38H24O/c2*1-3-13-30(14-4-1)41-34-17-7-9-19-36(34)42(37-20-10-8-18-35(37)41)32-25-23-29(24-26-32)33-27-28-40-44(38-21-11-12-22-39(38)45-40)43(33)31-15-5-2-6-16-31;1-2-10-26(11-3-1)37-30-13-4-6-15-32(30)38(33-16-7-5-14-31(33)37)27-20-18-25(19-21-27)28-22-23-36-34(24-28)29-12-8-9-17-35(29)39-36/h2*1-28H;1-24H/i1D,3D,4D,7D,8D,9D,10D,11D,12D,13D,14D,17D,18D,19D,20D,21D,22D,27D,28D;7D,8D,9D,10D,17D,18D,19D,20D;4D,5D,6D,7D,13D,14D,15D,16D,18D,19D,20D,21D,22D,23D,24D. The second-order valence-corrected chi connectivity index (χ2v) is 30.1. The Hall–Kier alpha value is -17.0. The minimum Gasteiger partial charge on any atom is -0.456 e. The fraction of sp³-hybridized carbons (Fsp3) is 0. The molecule has 602 valence electrons. The molecule has 26 aromatic rings. The quantitative estimate of drug-likeness (QED) is 0.121. The van der Waals surface area contributed by atoms with Crippen molar-refractivity contribution < 1.29 is 70.8 Å². The highest BCUT2D eigenvalue weighted by atomic mass is 16.3.